The van der Waals surface area contributed by atoms with Gasteiger partial charge in [-0.05, 0) is 18.6 Å². The van der Waals surface area contributed by atoms with Gasteiger partial charge in [-0.2, -0.15) is 0 Å². The van der Waals surface area contributed by atoms with Gasteiger partial charge in [0, 0.05) is 0 Å². The van der Waals surface area contributed by atoms with Gasteiger partial charge >= 0.3 is 5.97 Å². The summed E-state index contributed by atoms with van der Waals surface area (Å²) in [6, 6.07) is 9.11. The maximum Gasteiger partial charge on any atom is 0.334 e. The molecule has 0 amide bonds. The Kier molecular flexibility index (Phi) is 3.80. The predicted octanol–water partition coefficient (Wildman–Crippen LogP) is 3.03. The van der Waals surface area contributed by atoms with Crippen LogP contribution in [0.1, 0.15) is 12.5 Å². The fourth-order valence-corrected chi connectivity index (χ4v) is 0.961. The molecule has 0 fully saturated rings. The van der Waals surface area contributed by atoms with Gasteiger partial charge in [-0.15, -0.1) is 0 Å². The molecule has 0 aliphatic carbocycles. The third-order valence-corrected chi connectivity index (χ3v) is 1.90. The maximum atomic E-state index is 13.1. The molecule has 0 aliphatic rings. The van der Waals surface area contributed by atoms with E-state index in [1.54, 1.807) is 12.1 Å². The smallest absolute Gasteiger partial charge is 0.334 e. The van der Waals surface area contributed by atoms with E-state index in [4.69, 9.17) is 5.11 Å². The average Bonchev–Trinajstić information content (AvgIpc) is 2.26. The number of carboxylic acids is 1. The Hall–Kier alpha value is -1.90. The third kappa shape index (κ3) is 3.38. The molecule has 3 heteroatoms. The summed E-state index contributed by atoms with van der Waals surface area (Å²) in [5.74, 6) is -1.98. The fraction of sp³-hybridized carbons (Fsp3) is 0.0833. The van der Waals surface area contributed by atoms with Crippen LogP contribution in [0.25, 0.3) is 6.08 Å². The molecule has 78 valence electrons. The molecule has 1 aromatic rings. The van der Waals surface area contributed by atoms with Crippen LogP contribution in [0.15, 0.2) is 47.8 Å². The molecule has 0 aromatic heterocycles. The molecule has 0 bridgehead atoms. The molecule has 0 atom stereocenters. The van der Waals surface area contributed by atoms with Gasteiger partial charge in [0.2, 0.25) is 0 Å². The van der Waals surface area contributed by atoms with E-state index in [1.807, 2.05) is 18.2 Å². The molecule has 0 radical (unpaired) electrons. The van der Waals surface area contributed by atoms with Gasteiger partial charge in [-0.3, -0.25) is 0 Å². The van der Waals surface area contributed by atoms with E-state index in [1.165, 1.54) is 13.0 Å². The Morgan fingerprint density at radius 1 is 1.33 bits per heavy atom. The van der Waals surface area contributed by atoms with E-state index in [9.17, 15) is 9.18 Å². The molecule has 0 heterocycles. The van der Waals surface area contributed by atoms with Gasteiger partial charge in [-0.25, -0.2) is 9.18 Å². The highest BCUT2D eigenvalue weighted by molar-refractivity contribution is 5.87. The highest BCUT2D eigenvalue weighted by Crippen LogP contribution is 2.10. The standard InChI is InChI=1S/C12H11FO2/c1-9(12(14)15)11(13)8-7-10-5-3-2-4-6-10/h2-8H,1H3,(H,14,15). The summed E-state index contributed by atoms with van der Waals surface area (Å²) in [5, 5.41) is 8.52. The molecule has 0 unspecified atom stereocenters. The van der Waals surface area contributed by atoms with Crippen LogP contribution in [-0.4, -0.2) is 11.1 Å². The van der Waals surface area contributed by atoms with Crippen LogP contribution in [0.2, 0.25) is 0 Å². The fourth-order valence-electron chi connectivity index (χ4n) is 0.961. The first-order valence-corrected chi connectivity index (χ1v) is 4.44. The Bertz CT molecular complexity index is 405. The highest BCUT2D eigenvalue weighted by atomic mass is 19.1. The van der Waals surface area contributed by atoms with Gasteiger partial charge in [0.1, 0.15) is 5.83 Å². The topological polar surface area (TPSA) is 37.3 Å². The van der Waals surface area contributed by atoms with E-state index >= 15 is 0 Å². The molecule has 2 nitrogen and oxygen atoms in total. The lowest BCUT2D eigenvalue weighted by Crippen LogP contribution is -1.97. The molecule has 0 aliphatic heterocycles. The highest BCUT2D eigenvalue weighted by Gasteiger charge is 2.05. The van der Waals surface area contributed by atoms with Crippen molar-refractivity contribution in [2.45, 2.75) is 6.92 Å². The normalized spacial score (nSPS) is 12.7. The van der Waals surface area contributed by atoms with Crippen LogP contribution < -0.4 is 0 Å². The zero-order chi connectivity index (χ0) is 11.3. The van der Waals surface area contributed by atoms with Crippen molar-refractivity contribution in [1.29, 1.82) is 0 Å². The Morgan fingerprint density at radius 3 is 2.47 bits per heavy atom. The van der Waals surface area contributed by atoms with Crippen molar-refractivity contribution in [2.75, 3.05) is 0 Å². The largest absolute Gasteiger partial charge is 0.478 e. The number of rotatable bonds is 3. The van der Waals surface area contributed by atoms with Crippen LogP contribution in [0, 0.1) is 0 Å². The Balaban J connectivity index is 2.83. The molecule has 1 N–H and O–H groups in total. The monoisotopic (exact) mass is 206 g/mol. The molecule has 1 aromatic carbocycles. The minimum atomic E-state index is -1.25. The summed E-state index contributed by atoms with van der Waals surface area (Å²) in [6.07, 6.45) is 2.68. The van der Waals surface area contributed by atoms with Crippen molar-refractivity contribution < 1.29 is 14.3 Å². The second-order valence-corrected chi connectivity index (χ2v) is 3.02. The van der Waals surface area contributed by atoms with Crippen LogP contribution in [0.5, 0.6) is 0 Å². The lowest BCUT2D eigenvalue weighted by atomic mass is 10.2. The van der Waals surface area contributed by atoms with Crippen molar-refractivity contribution in [3.05, 3.63) is 53.4 Å². The van der Waals surface area contributed by atoms with Crippen LogP contribution >= 0.6 is 0 Å². The van der Waals surface area contributed by atoms with Crippen LogP contribution in [0.3, 0.4) is 0 Å². The quantitative estimate of drug-likeness (QED) is 0.609. The summed E-state index contributed by atoms with van der Waals surface area (Å²) >= 11 is 0. The van der Waals surface area contributed by atoms with Gasteiger partial charge in [0.25, 0.3) is 0 Å². The molecule has 15 heavy (non-hydrogen) atoms. The lowest BCUT2D eigenvalue weighted by molar-refractivity contribution is -0.132. The number of hydrogen-bond acceptors (Lipinski definition) is 1. The van der Waals surface area contributed by atoms with E-state index in [0.717, 1.165) is 11.6 Å². The number of benzene rings is 1. The molecule has 0 saturated carbocycles. The number of allylic oxidation sites excluding steroid dienone is 2. The molecule has 0 saturated heterocycles. The van der Waals surface area contributed by atoms with E-state index in [2.05, 4.69) is 0 Å². The Morgan fingerprint density at radius 2 is 1.93 bits per heavy atom. The van der Waals surface area contributed by atoms with Gasteiger partial charge < -0.3 is 5.11 Å². The van der Waals surface area contributed by atoms with Crippen LogP contribution in [0.4, 0.5) is 4.39 Å². The van der Waals surface area contributed by atoms with E-state index in [0.29, 0.717) is 0 Å². The van der Waals surface area contributed by atoms with E-state index < -0.39 is 11.8 Å². The summed E-state index contributed by atoms with van der Waals surface area (Å²) < 4.78 is 13.1. The second-order valence-electron chi connectivity index (χ2n) is 3.02. The van der Waals surface area contributed by atoms with Crippen molar-refractivity contribution in [3.63, 3.8) is 0 Å². The molecular weight excluding hydrogens is 195 g/mol. The average molecular weight is 206 g/mol. The predicted molar refractivity (Wildman–Crippen MR) is 56.9 cm³/mol. The van der Waals surface area contributed by atoms with Gasteiger partial charge in [0.05, 0.1) is 5.57 Å². The van der Waals surface area contributed by atoms with Crippen molar-refractivity contribution in [1.82, 2.24) is 0 Å². The number of carbonyl (C=O) groups is 1. The first kappa shape index (κ1) is 11.2. The van der Waals surface area contributed by atoms with Gasteiger partial charge in [-0.1, -0.05) is 36.4 Å². The number of aliphatic carboxylic acids is 1. The summed E-state index contributed by atoms with van der Waals surface area (Å²) in [7, 11) is 0. The van der Waals surface area contributed by atoms with Crippen molar-refractivity contribution in [2.24, 2.45) is 0 Å². The SMILES string of the molecule is CC(C(=O)O)=C(F)C=Cc1ccccc1. The van der Waals surface area contributed by atoms with Crippen molar-refractivity contribution in [3.8, 4) is 0 Å². The first-order valence-electron chi connectivity index (χ1n) is 4.44. The number of carboxylic acid groups (broad SMARTS) is 1. The molecular formula is C12H11FO2. The summed E-state index contributed by atoms with van der Waals surface area (Å²) in [6.45, 7) is 1.23. The first-order chi connectivity index (χ1) is 7.11. The third-order valence-electron chi connectivity index (χ3n) is 1.90. The zero-order valence-corrected chi connectivity index (χ0v) is 8.27. The van der Waals surface area contributed by atoms with Crippen LogP contribution in [-0.2, 0) is 4.79 Å². The summed E-state index contributed by atoms with van der Waals surface area (Å²) in [4.78, 5) is 10.4. The zero-order valence-electron chi connectivity index (χ0n) is 8.27. The molecule has 0 spiro atoms. The minimum absolute atomic E-state index is 0.290. The molecule has 1 rings (SSSR count). The second kappa shape index (κ2) is 5.10. The Labute approximate surface area is 87.4 Å². The minimum Gasteiger partial charge on any atom is -0.478 e. The number of hydrogen-bond donors (Lipinski definition) is 1. The van der Waals surface area contributed by atoms with Crippen molar-refractivity contribution >= 4 is 12.0 Å². The maximum absolute atomic E-state index is 13.1. The lowest BCUT2D eigenvalue weighted by Gasteiger charge is -1.94. The summed E-state index contributed by atoms with van der Waals surface area (Å²) in [5.41, 5.74) is 0.535. The number of halogens is 1. The van der Waals surface area contributed by atoms with E-state index in [-0.39, 0.29) is 5.57 Å². The van der Waals surface area contributed by atoms with Gasteiger partial charge in [0.15, 0.2) is 0 Å².